The lowest BCUT2D eigenvalue weighted by Crippen LogP contribution is -2.33. The number of hydrogen-bond donors (Lipinski definition) is 1. The van der Waals surface area contributed by atoms with Crippen LogP contribution in [0.15, 0.2) is 54.6 Å². The zero-order valence-electron chi connectivity index (χ0n) is 11.4. The van der Waals surface area contributed by atoms with Gasteiger partial charge in [-0.3, -0.25) is 0 Å². The minimum atomic E-state index is 0.486. The Kier molecular flexibility index (Phi) is 3.69. The fourth-order valence-corrected chi connectivity index (χ4v) is 2.78. The van der Waals surface area contributed by atoms with Crippen LogP contribution in [0.1, 0.15) is 29.9 Å². The summed E-state index contributed by atoms with van der Waals surface area (Å²) in [5.74, 6) is 0.701. The van der Waals surface area contributed by atoms with Gasteiger partial charge in [0.2, 0.25) is 0 Å². The molecule has 0 aliphatic heterocycles. The molecule has 3 rings (SSSR count). The number of hydrogen-bond acceptors (Lipinski definition) is 2. The fraction of sp³-hybridized carbons (Fsp3) is 0.278. The van der Waals surface area contributed by atoms with Crippen molar-refractivity contribution in [2.75, 3.05) is 5.32 Å². The van der Waals surface area contributed by atoms with Gasteiger partial charge in [0.1, 0.15) is 0 Å². The molecule has 0 spiro atoms. The van der Waals surface area contributed by atoms with Gasteiger partial charge in [-0.2, -0.15) is 5.26 Å². The molecule has 0 unspecified atom stereocenters. The van der Waals surface area contributed by atoms with E-state index in [1.165, 1.54) is 18.4 Å². The Morgan fingerprint density at radius 1 is 1.00 bits per heavy atom. The molecule has 1 fully saturated rings. The largest absolute Gasteiger partial charge is 0.382 e. The van der Waals surface area contributed by atoms with Crippen molar-refractivity contribution in [2.24, 2.45) is 0 Å². The third kappa shape index (κ3) is 2.83. The summed E-state index contributed by atoms with van der Waals surface area (Å²) in [7, 11) is 0. The predicted octanol–water partition coefficient (Wildman–Crippen LogP) is 4.11. The van der Waals surface area contributed by atoms with Crippen LogP contribution in [-0.2, 0) is 6.42 Å². The quantitative estimate of drug-likeness (QED) is 0.900. The molecule has 2 aromatic carbocycles. The lowest BCUT2D eigenvalue weighted by Gasteiger charge is -2.37. The van der Waals surface area contributed by atoms with E-state index in [-0.39, 0.29) is 0 Å². The minimum Gasteiger partial charge on any atom is -0.382 e. The van der Waals surface area contributed by atoms with E-state index < -0.39 is 0 Å². The van der Waals surface area contributed by atoms with Gasteiger partial charge in [0, 0.05) is 11.7 Å². The zero-order valence-corrected chi connectivity index (χ0v) is 11.4. The van der Waals surface area contributed by atoms with Gasteiger partial charge in [0.25, 0.3) is 0 Å². The molecule has 2 aromatic rings. The van der Waals surface area contributed by atoms with E-state index in [2.05, 4.69) is 53.9 Å². The normalized spacial score (nSPS) is 20.8. The molecule has 0 atom stereocenters. The van der Waals surface area contributed by atoms with Crippen molar-refractivity contribution < 1.29 is 0 Å². The number of anilines is 1. The fourth-order valence-electron chi connectivity index (χ4n) is 2.78. The molecule has 100 valence electrons. The summed E-state index contributed by atoms with van der Waals surface area (Å²) in [6.07, 6.45) is 2.88. The average molecular weight is 262 g/mol. The molecule has 1 saturated carbocycles. The third-order valence-electron chi connectivity index (χ3n) is 4.02. The van der Waals surface area contributed by atoms with E-state index in [4.69, 9.17) is 5.26 Å². The maximum absolute atomic E-state index is 8.65. The van der Waals surface area contributed by atoms with Gasteiger partial charge in [0.05, 0.1) is 12.5 Å². The molecule has 0 aromatic heterocycles. The number of nitrogens with zero attached hydrogens (tertiary/aromatic N) is 1. The monoisotopic (exact) mass is 262 g/mol. The maximum atomic E-state index is 8.65. The molecule has 0 saturated heterocycles. The van der Waals surface area contributed by atoms with Crippen molar-refractivity contribution >= 4 is 5.69 Å². The Labute approximate surface area is 120 Å². The van der Waals surface area contributed by atoms with E-state index in [0.717, 1.165) is 11.3 Å². The topological polar surface area (TPSA) is 35.8 Å². The van der Waals surface area contributed by atoms with Gasteiger partial charge in [0.15, 0.2) is 0 Å². The van der Waals surface area contributed by atoms with Crippen molar-refractivity contribution in [3.8, 4) is 6.07 Å². The van der Waals surface area contributed by atoms with Crippen LogP contribution in [0.25, 0.3) is 0 Å². The summed E-state index contributed by atoms with van der Waals surface area (Å²) in [4.78, 5) is 0. The highest BCUT2D eigenvalue weighted by molar-refractivity contribution is 5.46. The molecule has 1 N–H and O–H groups in total. The second-order valence-electron chi connectivity index (χ2n) is 5.45. The second kappa shape index (κ2) is 5.79. The van der Waals surface area contributed by atoms with Crippen LogP contribution in [0.4, 0.5) is 5.69 Å². The Balaban J connectivity index is 1.52. The van der Waals surface area contributed by atoms with Gasteiger partial charge in [-0.1, -0.05) is 42.5 Å². The molecule has 0 heterocycles. The van der Waals surface area contributed by atoms with E-state index in [0.29, 0.717) is 18.4 Å². The highest BCUT2D eigenvalue weighted by atomic mass is 14.9. The Bertz CT molecular complexity index is 590. The van der Waals surface area contributed by atoms with Crippen LogP contribution in [0.2, 0.25) is 0 Å². The van der Waals surface area contributed by atoms with Crippen LogP contribution < -0.4 is 5.32 Å². The molecule has 1 aliphatic carbocycles. The molecule has 0 amide bonds. The van der Waals surface area contributed by atoms with Gasteiger partial charge in [-0.25, -0.2) is 0 Å². The molecular weight excluding hydrogens is 244 g/mol. The highest BCUT2D eigenvalue weighted by Crippen LogP contribution is 2.38. The zero-order chi connectivity index (χ0) is 13.8. The summed E-state index contributed by atoms with van der Waals surface area (Å²) in [6.45, 7) is 0. The van der Waals surface area contributed by atoms with Crippen LogP contribution >= 0.6 is 0 Å². The van der Waals surface area contributed by atoms with Crippen molar-refractivity contribution in [3.63, 3.8) is 0 Å². The molecule has 2 heteroatoms. The number of nitriles is 1. The van der Waals surface area contributed by atoms with E-state index in [9.17, 15) is 0 Å². The van der Waals surface area contributed by atoms with Crippen molar-refractivity contribution in [2.45, 2.75) is 31.2 Å². The summed E-state index contributed by atoms with van der Waals surface area (Å²) in [5.41, 5.74) is 3.69. The van der Waals surface area contributed by atoms with E-state index in [1.54, 1.807) is 0 Å². The molecule has 0 bridgehead atoms. The smallest absolute Gasteiger partial charge is 0.0669 e. The van der Waals surface area contributed by atoms with Crippen LogP contribution in [0.5, 0.6) is 0 Å². The standard InChI is InChI=1S/C18H18N2/c19-11-10-14-6-8-17(9-7-14)20-18-12-16(13-18)15-4-2-1-3-5-15/h1-9,16,18,20H,10,12-13H2. The van der Waals surface area contributed by atoms with Crippen molar-refractivity contribution in [3.05, 3.63) is 65.7 Å². The molecular formula is C18H18N2. The molecule has 0 radical (unpaired) electrons. The number of nitrogens with one attached hydrogen (secondary N) is 1. The number of benzene rings is 2. The molecule has 20 heavy (non-hydrogen) atoms. The van der Waals surface area contributed by atoms with E-state index >= 15 is 0 Å². The average Bonchev–Trinajstić information content (AvgIpc) is 2.45. The minimum absolute atomic E-state index is 0.486. The summed E-state index contributed by atoms with van der Waals surface area (Å²) >= 11 is 0. The van der Waals surface area contributed by atoms with Crippen LogP contribution in [0.3, 0.4) is 0 Å². The predicted molar refractivity (Wildman–Crippen MR) is 81.6 cm³/mol. The van der Waals surface area contributed by atoms with Crippen LogP contribution in [0, 0.1) is 11.3 Å². The SMILES string of the molecule is N#CCc1ccc(NC2CC(c3ccccc3)C2)cc1. The first-order chi connectivity index (χ1) is 9.85. The highest BCUT2D eigenvalue weighted by Gasteiger charge is 2.29. The third-order valence-corrected chi connectivity index (χ3v) is 4.02. The molecule has 1 aliphatic rings. The lowest BCUT2D eigenvalue weighted by molar-refractivity contribution is 0.374. The van der Waals surface area contributed by atoms with Gasteiger partial charge in [-0.05, 0) is 42.0 Å². The summed E-state index contributed by atoms with van der Waals surface area (Å²) in [5, 5.41) is 12.2. The lowest BCUT2D eigenvalue weighted by atomic mass is 9.76. The van der Waals surface area contributed by atoms with Gasteiger partial charge in [-0.15, -0.1) is 0 Å². The van der Waals surface area contributed by atoms with Gasteiger partial charge >= 0.3 is 0 Å². The first kappa shape index (κ1) is 12.7. The van der Waals surface area contributed by atoms with Crippen molar-refractivity contribution in [1.82, 2.24) is 0 Å². The summed E-state index contributed by atoms with van der Waals surface area (Å²) < 4.78 is 0. The maximum Gasteiger partial charge on any atom is 0.0669 e. The van der Waals surface area contributed by atoms with Crippen molar-refractivity contribution in [1.29, 1.82) is 5.26 Å². The second-order valence-corrected chi connectivity index (χ2v) is 5.45. The van der Waals surface area contributed by atoms with E-state index in [1.807, 2.05) is 12.1 Å². The summed E-state index contributed by atoms with van der Waals surface area (Å²) in [6, 6.07) is 21.7. The Morgan fingerprint density at radius 3 is 2.35 bits per heavy atom. The Hall–Kier alpha value is -2.27. The molecule has 2 nitrogen and oxygen atoms in total. The Morgan fingerprint density at radius 2 is 1.70 bits per heavy atom. The van der Waals surface area contributed by atoms with Crippen LogP contribution in [-0.4, -0.2) is 6.04 Å². The first-order valence-corrected chi connectivity index (χ1v) is 7.12. The van der Waals surface area contributed by atoms with Gasteiger partial charge < -0.3 is 5.32 Å². The number of rotatable bonds is 4. The first-order valence-electron chi connectivity index (χ1n) is 7.12.